The van der Waals surface area contributed by atoms with Gasteiger partial charge in [0.2, 0.25) is 0 Å². The van der Waals surface area contributed by atoms with Crippen LogP contribution in [0.25, 0.3) is 0 Å². The summed E-state index contributed by atoms with van der Waals surface area (Å²) in [5, 5.41) is 3.15. The molecule has 0 fully saturated rings. The fraction of sp³-hybridized carbons (Fsp3) is 0.333. The number of pyridine rings is 2. The van der Waals surface area contributed by atoms with Gasteiger partial charge in [0.1, 0.15) is 5.82 Å². The molecule has 0 aliphatic heterocycles. The summed E-state index contributed by atoms with van der Waals surface area (Å²) in [4.78, 5) is 8.21. The Balaban J connectivity index is 2.38. The number of aromatic nitrogens is 2. The van der Waals surface area contributed by atoms with Crippen LogP contribution in [0.4, 0.5) is 5.82 Å². The van der Waals surface area contributed by atoms with Crippen LogP contribution in [-0.2, 0) is 13.6 Å². The highest BCUT2D eigenvalue weighted by Crippen LogP contribution is 2.60. The first kappa shape index (κ1) is 16.6. The third kappa shape index (κ3) is 4.13. The number of nitrogens with one attached hydrogen (secondary N) is 1. The Labute approximate surface area is 130 Å². The molecule has 0 saturated heterocycles. The van der Waals surface area contributed by atoms with Gasteiger partial charge in [-0.15, -0.1) is 0 Å². The molecule has 0 saturated carbocycles. The van der Waals surface area contributed by atoms with Crippen molar-refractivity contribution in [3.63, 3.8) is 0 Å². The fourth-order valence-corrected chi connectivity index (χ4v) is 3.95. The molecule has 2 aromatic rings. The monoisotopic (exact) mass is 321 g/mol. The van der Waals surface area contributed by atoms with Crippen molar-refractivity contribution in [1.29, 1.82) is 0 Å². The highest BCUT2D eigenvalue weighted by molar-refractivity contribution is 7.54. The van der Waals surface area contributed by atoms with Gasteiger partial charge in [0.05, 0.1) is 13.2 Å². The Morgan fingerprint density at radius 3 is 2.32 bits per heavy atom. The summed E-state index contributed by atoms with van der Waals surface area (Å²) in [5.74, 6) is -0.0470. The van der Waals surface area contributed by atoms with Crippen molar-refractivity contribution in [3.05, 3.63) is 54.5 Å². The SMILES string of the molecule is CCOP(=O)(OCC)C(Nc1ccccn1)c1ccncc1. The molecule has 6 nitrogen and oxygen atoms in total. The van der Waals surface area contributed by atoms with Crippen molar-refractivity contribution < 1.29 is 13.6 Å². The number of hydrogen-bond donors (Lipinski definition) is 1. The molecule has 7 heteroatoms. The lowest BCUT2D eigenvalue weighted by molar-refractivity contribution is 0.214. The molecule has 118 valence electrons. The van der Waals surface area contributed by atoms with E-state index in [1.165, 1.54) is 0 Å². The van der Waals surface area contributed by atoms with E-state index in [9.17, 15) is 4.57 Å². The standard InChI is InChI=1S/C15H20N3O3P/c1-3-20-22(19,21-4-2)15(13-8-11-16-12-9-13)18-14-7-5-6-10-17-14/h5-12,15H,3-4H2,1-2H3,(H,17,18). The second-order valence-corrected chi connectivity index (χ2v) is 6.53. The molecule has 0 aliphatic carbocycles. The molecular weight excluding hydrogens is 301 g/mol. The van der Waals surface area contributed by atoms with Gasteiger partial charge in [-0.2, -0.15) is 0 Å². The second kappa shape index (κ2) is 8.03. The number of anilines is 1. The van der Waals surface area contributed by atoms with Gasteiger partial charge in [0, 0.05) is 18.6 Å². The Morgan fingerprint density at radius 1 is 1.09 bits per heavy atom. The first-order chi connectivity index (χ1) is 10.7. The van der Waals surface area contributed by atoms with Crippen LogP contribution in [0.15, 0.2) is 48.9 Å². The summed E-state index contributed by atoms with van der Waals surface area (Å²) in [7, 11) is -3.40. The van der Waals surface area contributed by atoms with Gasteiger partial charge in [-0.05, 0) is 43.7 Å². The number of nitrogens with zero attached hydrogens (tertiary/aromatic N) is 2. The predicted octanol–water partition coefficient (Wildman–Crippen LogP) is 3.85. The van der Waals surface area contributed by atoms with E-state index in [-0.39, 0.29) is 0 Å². The molecule has 0 aliphatic rings. The maximum atomic E-state index is 13.2. The van der Waals surface area contributed by atoms with E-state index in [2.05, 4.69) is 15.3 Å². The molecule has 2 heterocycles. The van der Waals surface area contributed by atoms with E-state index in [1.54, 1.807) is 50.6 Å². The van der Waals surface area contributed by atoms with Crippen molar-refractivity contribution in [2.45, 2.75) is 19.6 Å². The smallest absolute Gasteiger partial charge is 0.353 e. The van der Waals surface area contributed by atoms with E-state index in [0.29, 0.717) is 19.0 Å². The zero-order valence-corrected chi connectivity index (χ0v) is 13.6. The zero-order valence-electron chi connectivity index (χ0n) is 12.7. The molecule has 0 bridgehead atoms. The van der Waals surface area contributed by atoms with E-state index in [4.69, 9.17) is 9.05 Å². The van der Waals surface area contributed by atoms with Crippen molar-refractivity contribution >= 4 is 13.4 Å². The van der Waals surface area contributed by atoms with Gasteiger partial charge in [-0.3, -0.25) is 9.55 Å². The third-order valence-corrected chi connectivity index (χ3v) is 5.20. The maximum absolute atomic E-state index is 13.2. The Hall–Kier alpha value is -1.75. The zero-order chi connectivity index (χ0) is 15.8. The van der Waals surface area contributed by atoms with E-state index < -0.39 is 13.4 Å². The molecule has 2 rings (SSSR count). The second-order valence-electron chi connectivity index (χ2n) is 4.42. The Bertz CT molecular complexity index is 600. The van der Waals surface area contributed by atoms with Crippen molar-refractivity contribution in [2.75, 3.05) is 18.5 Å². The fourth-order valence-electron chi connectivity index (χ4n) is 2.03. The average Bonchev–Trinajstić information content (AvgIpc) is 2.55. The molecule has 1 N–H and O–H groups in total. The van der Waals surface area contributed by atoms with Crippen LogP contribution >= 0.6 is 7.60 Å². The highest BCUT2D eigenvalue weighted by atomic mass is 31.2. The van der Waals surface area contributed by atoms with Crippen molar-refractivity contribution in [2.24, 2.45) is 0 Å². The lowest BCUT2D eigenvalue weighted by Gasteiger charge is -2.27. The molecule has 22 heavy (non-hydrogen) atoms. The van der Waals surface area contributed by atoms with E-state index >= 15 is 0 Å². The molecule has 0 amide bonds. The average molecular weight is 321 g/mol. The summed E-state index contributed by atoms with van der Waals surface area (Å²) in [5.41, 5.74) is 0.769. The van der Waals surface area contributed by atoms with Crippen LogP contribution in [0.5, 0.6) is 0 Å². The Morgan fingerprint density at radius 2 is 1.77 bits per heavy atom. The predicted molar refractivity (Wildman–Crippen MR) is 85.7 cm³/mol. The molecular formula is C15H20N3O3P. The molecule has 0 aromatic carbocycles. The third-order valence-electron chi connectivity index (χ3n) is 2.91. The minimum atomic E-state index is -3.40. The normalized spacial score (nSPS) is 12.8. The maximum Gasteiger partial charge on any atom is 0.357 e. The van der Waals surface area contributed by atoms with E-state index in [1.807, 2.05) is 12.1 Å². The van der Waals surface area contributed by atoms with Crippen LogP contribution in [0.2, 0.25) is 0 Å². The van der Waals surface area contributed by atoms with Gasteiger partial charge < -0.3 is 14.4 Å². The largest absolute Gasteiger partial charge is 0.357 e. The van der Waals surface area contributed by atoms with Crippen LogP contribution in [0.1, 0.15) is 25.2 Å². The summed E-state index contributed by atoms with van der Waals surface area (Å²) in [6, 6.07) is 9.04. The van der Waals surface area contributed by atoms with Gasteiger partial charge in [-0.1, -0.05) is 6.07 Å². The van der Waals surface area contributed by atoms with Crippen molar-refractivity contribution in [3.8, 4) is 0 Å². The molecule has 0 spiro atoms. The van der Waals surface area contributed by atoms with Crippen LogP contribution in [0, 0.1) is 0 Å². The molecule has 2 aromatic heterocycles. The van der Waals surface area contributed by atoms with Crippen LogP contribution < -0.4 is 5.32 Å². The summed E-state index contributed by atoms with van der Waals surface area (Å²) in [6.07, 6.45) is 4.95. The first-order valence-corrected chi connectivity index (χ1v) is 8.77. The van der Waals surface area contributed by atoms with Gasteiger partial charge in [-0.25, -0.2) is 4.98 Å². The number of rotatable bonds is 8. The van der Waals surface area contributed by atoms with E-state index in [0.717, 1.165) is 5.56 Å². The lowest BCUT2D eigenvalue weighted by Crippen LogP contribution is -2.16. The summed E-state index contributed by atoms with van der Waals surface area (Å²) < 4.78 is 24.1. The van der Waals surface area contributed by atoms with Crippen molar-refractivity contribution in [1.82, 2.24) is 9.97 Å². The lowest BCUT2D eigenvalue weighted by atomic mass is 10.2. The highest BCUT2D eigenvalue weighted by Gasteiger charge is 2.37. The summed E-state index contributed by atoms with van der Waals surface area (Å²) >= 11 is 0. The van der Waals surface area contributed by atoms with Gasteiger partial charge in [0.25, 0.3) is 0 Å². The summed E-state index contributed by atoms with van der Waals surface area (Å²) in [6.45, 7) is 4.16. The molecule has 0 radical (unpaired) electrons. The number of hydrogen-bond acceptors (Lipinski definition) is 6. The van der Waals surface area contributed by atoms with Crippen LogP contribution in [0.3, 0.4) is 0 Å². The van der Waals surface area contributed by atoms with Crippen LogP contribution in [-0.4, -0.2) is 23.2 Å². The minimum Gasteiger partial charge on any atom is -0.353 e. The molecule has 1 unspecified atom stereocenters. The molecule has 1 atom stereocenters. The minimum absolute atomic E-state index is 0.294. The first-order valence-electron chi connectivity index (χ1n) is 7.16. The topological polar surface area (TPSA) is 73.3 Å². The quantitative estimate of drug-likeness (QED) is 0.744. The van der Waals surface area contributed by atoms with Gasteiger partial charge >= 0.3 is 7.60 Å². The van der Waals surface area contributed by atoms with Gasteiger partial charge in [0.15, 0.2) is 5.78 Å². The Kier molecular flexibility index (Phi) is 6.07.